The van der Waals surface area contributed by atoms with Crippen LogP contribution >= 0.6 is 11.3 Å². The molecule has 124 valence electrons. The first kappa shape index (κ1) is 17.3. The summed E-state index contributed by atoms with van der Waals surface area (Å²) in [6.45, 7) is 9.54. The molecule has 22 heavy (non-hydrogen) atoms. The summed E-state index contributed by atoms with van der Waals surface area (Å²) in [5.41, 5.74) is 1.39. The smallest absolute Gasteiger partial charge is 0.191 e. The number of likely N-dealkylation sites (tertiary alicyclic amines) is 1. The van der Waals surface area contributed by atoms with Crippen molar-refractivity contribution < 1.29 is 0 Å². The molecular weight excluding hydrogens is 292 g/mol. The number of hydrogen-bond acceptors (Lipinski definition) is 3. The maximum absolute atomic E-state index is 4.76. The fraction of sp³-hybridized carbons (Fsp3) is 0.706. The van der Waals surface area contributed by atoms with Gasteiger partial charge in [-0.3, -0.25) is 4.99 Å². The Balaban J connectivity index is 1.81. The number of guanidine groups is 1. The highest BCUT2D eigenvalue weighted by atomic mass is 32.1. The van der Waals surface area contributed by atoms with Gasteiger partial charge in [0.25, 0.3) is 0 Å². The van der Waals surface area contributed by atoms with Crippen molar-refractivity contribution in [2.75, 3.05) is 39.8 Å². The zero-order chi connectivity index (χ0) is 15.8. The van der Waals surface area contributed by atoms with E-state index >= 15 is 0 Å². The Kier molecular flexibility index (Phi) is 7.19. The highest BCUT2D eigenvalue weighted by molar-refractivity contribution is 7.07. The molecule has 2 rings (SSSR count). The van der Waals surface area contributed by atoms with E-state index in [2.05, 4.69) is 53.3 Å². The van der Waals surface area contributed by atoms with E-state index in [4.69, 9.17) is 4.99 Å². The number of aliphatic imine (C=N–C) groups is 1. The molecule has 0 bridgehead atoms. The molecule has 1 aromatic rings. The third-order valence-corrected chi connectivity index (χ3v) is 4.96. The van der Waals surface area contributed by atoms with Crippen LogP contribution in [0.3, 0.4) is 0 Å². The second kappa shape index (κ2) is 9.16. The first-order chi connectivity index (χ1) is 10.7. The number of hydrogen-bond donors (Lipinski definition) is 2. The molecule has 0 aromatic carbocycles. The van der Waals surface area contributed by atoms with Gasteiger partial charge in [-0.05, 0) is 61.7 Å². The Morgan fingerprint density at radius 3 is 3.05 bits per heavy atom. The minimum Gasteiger partial charge on any atom is -0.357 e. The number of nitrogens with zero attached hydrogens (tertiary/aromatic N) is 2. The van der Waals surface area contributed by atoms with Crippen LogP contribution in [0.15, 0.2) is 21.8 Å². The van der Waals surface area contributed by atoms with Crippen LogP contribution in [-0.2, 0) is 0 Å². The summed E-state index contributed by atoms with van der Waals surface area (Å²) in [6.07, 6.45) is 2.63. The summed E-state index contributed by atoms with van der Waals surface area (Å²) in [5, 5.41) is 11.2. The highest BCUT2D eigenvalue weighted by Gasteiger charge is 2.17. The number of thiophene rings is 1. The van der Waals surface area contributed by atoms with E-state index in [1.165, 1.54) is 31.5 Å². The lowest BCUT2D eigenvalue weighted by Crippen LogP contribution is -2.43. The zero-order valence-corrected chi connectivity index (χ0v) is 15.0. The summed E-state index contributed by atoms with van der Waals surface area (Å²) in [7, 11) is 2.22. The van der Waals surface area contributed by atoms with Crippen molar-refractivity contribution in [3.63, 3.8) is 0 Å². The molecule has 1 fully saturated rings. The molecule has 5 heteroatoms. The molecular formula is C17H30N4S. The Morgan fingerprint density at radius 2 is 2.36 bits per heavy atom. The average molecular weight is 323 g/mol. The molecule has 4 nitrogen and oxygen atoms in total. The van der Waals surface area contributed by atoms with Crippen LogP contribution in [0.4, 0.5) is 0 Å². The fourth-order valence-electron chi connectivity index (χ4n) is 2.91. The normalized spacial score (nSPS) is 21.6. The molecule has 0 radical (unpaired) electrons. The second-order valence-corrected chi connectivity index (χ2v) is 7.11. The quantitative estimate of drug-likeness (QED) is 0.625. The van der Waals surface area contributed by atoms with E-state index in [1.54, 1.807) is 11.3 Å². The van der Waals surface area contributed by atoms with E-state index in [0.29, 0.717) is 5.92 Å². The summed E-state index contributed by atoms with van der Waals surface area (Å²) in [5.74, 6) is 2.16. The van der Waals surface area contributed by atoms with Gasteiger partial charge in [-0.15, -0.1) is 0 Å². The number of nitrogens with one attached hydrogen (secondary N) is 2. The minimum atomic E-state index is 0.475. The van der Waals surface area contributed by atoms with Crippen molar-refractivity contribution in [1.82, 2.24) is 15.5 Å². The lowest BCUT2D eigenvalue weighted by atomic mass is 9.99. The molecule has 1 aliphatic rings. The largest absolute Gasteiger partial charge is 0.357 e. The monoisotopic (exact) mass is 322 g/mol. The van der Waals surface area contributed by atoms with E-state index in [0.717, 1.165) is 31.5 Å². The van der Waals surface area contributed by atoms with Crippen molar-refractivity contribution in [3.8, 4) is 0 Å². The number of rotatable bonds is 6. The molecule has 2 N–H and O–H groups in total. The molecule has 0 amide bonds. The maximum Gasteiger partial charge on any atom is 0.191 e. The molecule has 1 aromatic heterocycles. The van der Waals surface area contributed by atoms with Gasteiger partial charge in [0.2, 0.25) is 0 Å². The molecule has 2 unspecified atom stereocenters. The number of piperidine rings is 1. The van der Waals surface area contributed by atoms with Crippen molar-refractivity contribution in [3.05, 3.63) is 22.4 Å². The van der Waals surface area contributed by atoms with Crippen LogP contribution in [0.2, 0.25) is 0 Å². The van der Waals surface area contributed by atoms with Crippen LogP contribution in [0.5, 0.6) is 0 Å². The predicted molar refractivity (Wildman–Crippen MR) is 96.9 cm³/mol. The first-order valence-electron chi connectivity index (χ1n) is 8.41. The Morgan fingerprint density at radius 1 is 1.50 bits per heavy atom. The van der Waals surface area contributed by atoms with Crippen molar-refractivity contribution in [1.29, 1.82) is 0 Å². The topological polar surface area (TPSA) is 39.7 Å². The summed E-state index contributed by atoms with van der Waals surface area (Å²) < 4.78 is 0. The van der Waals surface area contributed by atoms with Gasteiger partial charge in [0.15, 0.2) is 5.96 Å². The maximum atomic E-state index is 4.76. The van der Waals surface area contributed by atoms with Gasteiger partial charge >= 0.3 is 0 Å². The molecule has 1 aliphatic heterocycles. The van der Waals surface area contributed by atoms with Gasteiger partial charge in [0.05, 0.1) is 0 Å². The van der Waals surface area contributed by atoms with Gasteiger partial charge in [-0.1, -0.05) is 6.92 Å². The third kappa shape index (κ3) is 5.61. The fourth-order valence-corrected chi connectivity index (χ4v) is 3.69. The molecule has 0 spiro atoms. The molecule has 1 saturated heterocycles. The van der Waals surface area contributed by atoms with E-state index in [-0.39, 0.29) is 0 Å². The average Bonchev–Trinajstić information content (AvgIpc) is 3.04. The van der Waals surface area contributed by atoms with Crippen LogP contribution in [0, 0.1) is 5.92 Å². The third-order valence-electron chi connectivity index (χ3n) is 4.26. The summed E-state index contributed by atoms with van der Waals surface area (Å²) in [4.78, 5) is 7.19. The minimum absolute atomic E-state index is 0.475. The Hall–Kier alpha value is -1.07. The van der Waals surface area contributed by atoms with E-state index < -0.39 is 0 Å². The molecule has 0 saturated carbocycles. The second-order valence-electron chi connectivity index (χ2n) is 6.33. The van der Waals surface area contributed by atoms with Crippen LogP contribution in [-0.4, -0.2) is 50.6 Å². The van der Waals surface area contributed by atoms with E-state index in [1.807, 2.05) is 0 Å². The standard InChI is InChI=1S/C17H30N4S/c1-4-18-17(19-10-14(2)16-7-9-22-13-16)20-11-15-6-5-8-21(3)12-15/h7,9,13-15H,4-6,8,10-12H2,1-3H3,(H2,18,19,20). The van der Waals surface area contributed by atoms with E-state index in [9.17, 15) is 0 Å². The lowest BCUT2D eigenvalue weighted by Gasteiger charge is -2.30. The van der Waals surface area contributed by atoms with Gasteiger partial charge in [-0.2, -0.15) is 11.3 Å². The molecule has 0 aliphatic carbocycles. The van der Waals surface area contributed by atoms with Crippen molar-refractivity contribution >= 4 is 17.3 Å². The zero-order valence-electron chi connectivity index (χ0n) is 14.1. The Bertz CT molecular complexity index is 444. The first-order valence-corrected chi connectivity index (χ1v) is 9.36. The molecule has 2 heterocycles. The van der Waals surface area contributed by atoms with Crippen molar-refractivity contribution in [2.45, 2.75) is 32.6 Å². The highest BCUT2D eigenvalue weighted by Crippen LogP contribution is 2.18. The van der Waals surface area contributed by atoms with Crippen LogP contribution < -0.4 is 10.6 Å². The van der Waals surface area contributed by atoms with Crippen LogP contribution in [0.1, 0.15) is 38.2 Å². The SMILES string of the molecule is CCNC(=NCC(C)c1ccsc1)NCC1CCCN(C)C1. The van der Waals surface area contributed by atoms with Gasteiger partial charge in [0.1, 0.15) is 0 Å². The van der Waals surface area contributed by atoms with Gasteiger partial charge in [-0.25, -0.2) is 0 Å². The predicted octanol–water partition coefficient (Wildman–Crippen LogP) is 2.75. The summed E-state index contributed by atoms with van der Waals surface area (Å²) in [6, 6.07) is 2.20. The summed E-state index contributed by atoms with van der Waals surface area (Å²) >= 11 is 1.76. The van der Waals surface area contributed by atoms with Gasteiger partial charge < -0.3 is 15.5 Å². The van der Waals surface area contributed by atoms with Crippen LogP contribution in [0.25, 0.3) is 0 Å². The van der Waals surface area contributed by atoms with Crippen molar-refractivity contribution in [2.24, 2.45) is 10.9 Å². The lowest BCUT2D eigenvalue weighted by molar-refractivity contribution is 0.210. The molecule has 2 atom stereocenters. The Labute approximate surface area is 139 Å². The van der Waals surface area contributed by atoms with Gasteiger partial charge in [0, 0.05) is 32.1 Å².